The number of carboxylic acids is 1. The van der Waals surface area contributed by atoms with Gasteiger partial charge in [0, 0.05) is 26.1 Å². The molecular formula is C12H21N3O4. The maximum Gasteiger partial charge on any atom is 0.326 e. The van der Waals surface area contributed by atoms with Gasteiger partial charge in [0.1, 0.15) is 6.04 Å². The molecule has 2 aliphatic heterocycles. The van der Waals surface area contributed by atoms with Crippen molar-refractivity contribution in [2.24, 2.45) is 0 Å². The van der Waals surface area contributed by atoms with Gasteiger partial charge in [-0.05, 0) is 19.5 Å². The first kappa shape index (κ1) is 14.2. The van der Waals surface area contributed by atoms with Gasteiger partial charge in [0.2, 0.25) is 5.91 Å². The zero-order valence-electron chi connectivity index (χ0n) is 10.9. The first-order chi connectivity index (χ1) is 9.08. The highest BCUT2D eigenvalue weighted by molar-refractivity contribution is 5.85. The van der Waals surface area contributed by atoms with Gasteiger partial charge < -0.3 is 20.4 Å². The lowest BCUT2D eigenvalue weighted by Crippen LogP contribution is -2.46. The molecule has 0 aromatic rings. The summed E-state index contributed by atoms with van der Waals surface area (Å²) >= 11 is 0. The molecule has 7 heteroatoms. The Hall–Kier alpha value is -1.18. The van der Waals surface area contributed by atoms with E-state index in [1.165, 1.54) is 4.90 Å². The number of rotatable bonds is 3. The summed E-state index contributed by atoms with van der Waals surface area (Å²) in [4.78, 5) is 26.6. The molecule has 0 spiro atoms. The monoisotopic (exact) mass is 271 g/mol. The van der Waals surface area contributed by atoms with E-state index in [0.717, 1.165) is 32.6 Å². The molecule has 7 nitrogen and oxygen atoms in total. The lowest BCUT2D eigenvalue weighted by molar-refractivity contribution is -0.148. The minimum absolute atomic E-state index is 0.127. The number of carbonyl (C=O) groups excluding carboxylic acids is 1. The highest BCUT2D eigenvalue weighted by Crippen LogP contribution is 2.18. The molecule has 19 heavy (non-hydrogen) atoms. The normalized spacial score (nSPS) is 29.2. The van der Waals surface area contributed by atoms with Crippen LogP contribution in [0.1, 0.15) is 12.8 Å². The number of likely N-dealkylation sites (tertiary alicyclic amines) is 1. The maximum absolute atomic E-state index is 12.2. The SMILES string of the molecule is O=C(O)[C@@H]1CC(O)CN1C(=O)CN1CCCNCC1. The van der Waals surface area contributed by atoms with E-state index in [1.54, 1.807) is 0 Å². The Bertz CT molecular complexity index is 342. The van der Waals surface area contributed by atoms with Crippen LogP contribution in [-0.4, -0.2) is 83.3 Å². The van der Waals surface area contributed by atoms with E-state index in [1.807, 2.05) is 4.90 Å². The van der Waals surface area contributed by atoms with Crippen molar-refractivity contribution in [2.45, 2.75) is 25.0 Å². The average Bonchev–Trinajstić information content (AvgIpc) is 2.58. The molecule has 1 unspecified atom stereocenters. The number of aliphatic hydroxyl groups excluding tert-OH is 1. The Morgan fingerprint density at radius 3 is 2.79 bits per heavy atom. The van der Waals surface area contributed by atoms with E-state index in [4.69, 9.17) is 5.11 Å². The molecule has 0 bridgehead atoms. The summed E-state index contributed by atoms with van der Waals surface area (Å²) in [5.74, 6) is -1.24. The third-order valence-electron chi connectivity index (χ3n) is 3.68. The number of carbonyl (C=O) groups is 2. The van der Waals surface area contributed by atoms with Crippen molar-refractivity contribution in [3.63, 3.8) is 0 Å². The second kappa shape index (κ2) is 6.31. The average molecular weight is 271 g/mol. The first-order valence-electron chi connectivity index (χ1n) is 6.71. The number of hydrogen-bond acceptors (Lipinski definition) is 5. The molecule has 2 aliphatic rings. The molecule has 0 aromatic carbocycles. The third-order valence-corrected chi connectivity index (χ3v) is 3.68. The number of amides is 1. The zero-order chi connectivity index (χ0) is 13.8. The molecule has 1 amide bonds. The zero-order valence-corrected chi connectivity index (χ0v) is 10.9. The highest BCUT2D eigenvalue weighted by Gasteiger charge is 2.39. The largest absolute Gasteiger partial charge is 0.480 e. The maximum atomic E-state index is 12.2. The van der Waals surface area contributed by atoms with E-state index in [2.05, 4.69) is 5.32 Å². The van der Waals surface area contributed by atoms with Crippen LogP contribution < -0.4 is 5.32 Å². The summed E-state index contributed by atoms with van der Waals surface area (Å²) < 4.78 is 0. The standard InChI is InChI=1S/C12H21N3O4/c16-9-6-10(12(18)19)15(7-9)11(17)8-14-4-1-2-13-3-5-14/h9-10,13,16H,1-8H2,(H,18,19)/t9?,10-/m0/s1. The molecule has 0 aromatic heterocycles. The van der Waals surface area contributed by atoms with Gasteiger partial charge in [0.15, 0.2) is 0 Å². The molecule has 2 heterocycles. The van der Waals surface area contributed by atoms with Crippen molar-refractivity contribution in [3.05, 3.63) is 0 Å². The van der Waals surface area contributed by atoms with Crippen LogP contribution in [0.4, 0.5) is 0 Å². The molecule has 0 radical (unpaired) electrons. The molecule has 2 atom stereocenters. The summed E-state index contributed by atoms with van der Waals surface area (Å²) in [5, 5.41) is 21.9. The van der Waals surface area contributed by atoms with Gasteiger partial charge in [0.25, 0.3) is 0 Å². The van der Waals surface area contributed by atoms with Crippen molar-refractivity contribution in [1.82, 2.24) is 15.1 Å². The summed E-state index contributed by atoms with van der Waals surface area (Å²) in [6.07, 6.45) is 0.386. The topological polar surface area (TPSA) is 93.1 Å². The van der Waals surface area contributed by atoms with Gasteiger partial charge in [-0.25, -0.2) is 4.79 Å². The van der Waals surface area contributed by atoms with Crippen molar-refractivity contribution in [2.75, 3.05) is 39.3 Å². The Labute approximate surface area is 112 Å². The fourth-order valence-electron chi connectivity index (χ4n) is 2.67. The molecule has 108 valence electrons. The Morgan fingerprint density at radius 2 is 2.05 bits per heavy atom. The van der Waals surface area contributed by atoms with E-state index in [9.17, 15) is 14.7 Å². The van der Waals surface area contributed by atoms with E-state index >= 15 is 0 Å². The molecule has 2 fully saturated rings. The second-order valence-electron chi connectivity index (χ2n) is 5.17. The number of nitrogens with one attached hydrogen (secondary N) is 1. The number of hydrogen-bond donors (Lipinski definition) is 3. The second-order valence-corrected chi connectivity index (χ2v) is 5.17. The van der Waals surface area contributed by atoms with Crippen LogP contribution in [-0.2, 0) is 9.59 Å². The number of aliphatic hydroxyl groups is 1. The van der Waals surface area contributed by atoms with Crippen LogP contribution in [0.2, 0.25) is 0 Å². The lowest BCUT2D eigenvalue weighted by Gasteiger charge is -2.25. The van der Waals surface area contributed by atoms with Crippen molar-refractivity contribution in [1.29, 1.82) is 0 Å². The molecular weight excluding hydrogens is 250 g/mol. The van der Waals surface area contributed by atoms with Crippen LogP contribution in [0.15, 0.2) is 0 Å². The van der Waals surface area contributed by atoms with E-state index in [0.29, 0.717) is 0 Å². The van der Waals surface area contributed by atoms with Gasteiger partial charge in [-0.15, -0.1) is 0 Å². The molecule has 2 rings (SSSR count). The van der Waals surface area contributed by atoms with Crippen molar-refractivity contribution < 1.29 is 19.8 Å². The predicted molar refractivity (Wildman–Crippen MR) is 67.7 cm³/mol. The Kier molecular flexibility index (Phi) is 4.73. The summed E-state index contributed by atoms with van der Waals surface area (Å²) in [5.41, 5.74) is 0. The number of aliphatic carboxylic acids is 1. The van der Waals surface area contributed by atoms with Crippen LogP contribution in [0.5, 0.6) is 0 Å². The smallest absolute Gasteiger partial charge is 0.326 e. The van der Waals surface area contributed by atoms with Crippen LogP contribution >= 0.6 is 0 Å². The van der Waals surface area contributed by atoms with Gasteiger partial charge in [-0.1, -0.05) is 0 Å². The minimum atomic E-state index is -1.04. The number of carboxylic acid groups (broad SMARTS) is 1. The van der Waals surface area contributed by atoms with Crippen molar-refractivity contribution in [3.8, 4) is 0 Å². The van der Waals surface area contributed by atoms with E-state index < -0.39 is 18.1 Å². The van der Waals surface area contributed by atoms with Crippen LogP contribution in [0.3, 0.4) is 0 Å². The van der Waals surface area contributed by atoms with Gasteiger partial charge >= 0.3 is 5.97 Å². The number of nitrogens with zero attached hydrogens (tertiary/aromatic N) is 2. The van der Waals surface area contributed by atoms with Gasteiger partial charge in [0.05, 0.1) is 12.6 Å². The molecule has 0 aliphatic carbocycles. The third kappa shape index (κ3) is 3.65. The highest BCUT2D eigenvalue weighted by atomic mass is 16.4. The first-order valence-corrected chi connectivity index (χ1v) is 6.71. The quantitative estimate of drug-likeness (QED) is 0.568. The Morgan fingerprint density at radius 1 is 1.26 bits per heavy atom. The fourth-order valence-corrected chi connectivity index (χ4v) is 2.67. The Balaban J connectivity index is 1.92. The summed E-state index contributed by atoms with van der Waals surface area (Å²) in [6.45, 7) is 3.79. The summed E-state index contributed by atoms with van der Waals surface area (Å²) in [6, 6.07) is -0.882. The van der Waals surface area contributed by atoms with Crippen molar-refractivity contribution >= 4 is 11.9 Å². The number of β-amino-alcohol motifs (C(OH)–C–C–N with tert-alkyl or cyclic N) is 1. The fraction of sp³-hybridized carbons (Fsp3) is 0.833. The molecule has 3 N–H and O–H groups in total. The molecule has 0 saturated carbocycles. The molecule has 2 saturated heterocycles. The van der Waals surface area contributed by atoms with E-state index in [-0.39, 0.29) is 25.4 Å². The minimum Gasteiger partial charge on any atom is -0.480 e. The lowest BCUT2D eigenvalue weighted by atomic mass is 10.2. The van der Waals surface area contributed by atoms with Gasteiger partial charge in [-0.3, -0.25) is 9.69 Å². The van der Waals surface area contributed by atoms with Crippen LogP contribution in [0, 0.1) is 0 Å². The van der Waals surface area contributed by atoms with Gasteiger partial charge in [-0.2, -0.15) is 0 Å². The predicted octanol–water partition coefficient (Wildman–Crippen LogP) is -1.67. The van der Waals surface area contributed by atoms with Crippen LogP contribution in [0.25, 0.3) is 0 Å². The summed E-state index contributed by atoms with van der Waals surface area (Å²) in [7, 11) is 0.